The molecule has 5 nitrogen and oxygen atoms in total. The molecule has 0 bridgehead atoms. The van der Waals surface area contributed by atoms with Gasteiger partial charge in [-0.15, -0.1) is 0 Å². The number of rotatable bonds is 5. The first-order chi connectivity index (χ1) is 9.40. The number of methoxy groups -OCH3 is 1. The third-order valence-electron chi connectivity index (χ3n) is 2.73. The number of hydrogen-bond acceptors (Lipinski definition) is 5. The quantitative estimate of drug-likeness (QED) is 0.387. The number of aryl methyl sites for hydroxylation is 2. The summed E-state index contributed by atoms with van der Waals surface area (Å²) in [5, 5.41) is 10.0. The van der Waals surface area contributed by atoms with Crippen molar-refractivity contribution in [3.8, 4) is 5.75 Å². The number of aliphatic hydroxyl groups is 1. The van der Waals surface area contributed by atoms with Crippen molar-refractivity contribution in [1.29, 1.82) is 0 Å². The van der Waals surface area contributed by atoms with E-state index in [0.717, 1.165) is 24.3 Å². The minimum absolute atomic E-state index is 0.265. The van der Waals surface area contributed by atoms with Crippen molar-refractivity contribution in [3.63, 3.8) is 0 Å². The Morgan fingerprint density at radius 1 is 1.25 bits per heavy atom. The molecular formula is C15H18O5. The number of ether oxygens (including phenoxy) is 2. The standard InChI is InChI=1S/C15H18O5/c1-5-20-11-6-9(2)14(10(3)7-11)12(16)8-13(17)15(18)19-4/h6-8,16H,5H2,1-4H3/b12-8-. The lowest BCUT2D eigenvalue weighted by atomic mass is 10.00. The van der Waals surface area contributed by atoms with Crippen molar-refractivity contribution >= 4 is 17.5 Å². The minimum atomic E-state index is -1.02. The van der Waals surface area contributed by atoms with Crippen LogP contribution in [0, 0.1) is 13.8 Å². The van der Waals surface area contributed by atoms with Crippen molar-refractivity contribution in [3.05, 3.63) is 34.9 Å². The molecule has 0 atom stereocenters. The summed E-state index contributed by atoms with van der Waals surface area (Å²) < 4.78 is 9.69. The van der Waals surface area contributed by atoms with Crippen LogP contribution in [0.25, 0.3) is 5.76 Å². The third-order valence-corrected chi connectivity index (χ3v) is 2.73. The van der Waals surface area contributed by atoms with Gasteiger partial charge in [-0.05, 0) is 44.0 Å². The Bertz CT molecular complexity index is 534. The molecule has 0 fully saturated rings. The lowest BCUT2D eigenvalue weighted by molar-refractivity contribution is -0.149. The molecule has 20 heavy (non-hydrogen) atoms. The summed E-state index contributed by atoms with van der Waals surface area (Å²) in [5.41, 5.74) is 2.01. The van der Waals surface area contributed by atoms with Crippen molar-refractivity contribution in [2.24, 2.45) is 0 Å². The molecule has 0 spiro atoms. The smallest absolute Gasteiger partial charge is 0.378 e. The molecule has 1 N–H and O–H groups in total. The lowest BCUT2D eigenvalue weighted by Crippen LogP contribution is -2.13. The van der Waals surface area contributed by atoms with Gasteiger partial charge >= 0.3 is 5.97 Å². The topological polar surface area (TPSA) is 72.8 Å². The van der Waals surface area contributed by atoms with E-state index < -0.39 is 11.8 Å². The highest BCUT2D eigenvalue weighted by atomic mass is 16.5. The Labute approximate surface area is 117 Å². The van der Waals surface area contributed by atoms with Gasteiger partial charge in [0, 0.05) is 11.6 Å². The third kappa shape index (κ3) is 3.60. The fourth-order valence-corrected chi connectivity index (χ4v) is 1.93. The predicted octanol–water partition coefficient (Wildman–Crippen LogP) is 2.34. The number of carbonyl (C=O) groups excluding carboxylic acids is 2. The second kappa shape index (κ2) is 6.75. The zero-order valence-electron chi connectivity index (χ0n) is 12.0. The van der Waals surface area contributed by atoms with Crippen LogP contribution in [0.5, 0.6) is 5.75 Å². The Morgan fingerprint density at radius 2 is 1.80 bits per heavy atom. The number of esters is 1. The molecule has 0 heterocycles. The van der Waals surface area contributed by atoms with Gasteiger partial charge in [0.05, 0.1) is 13.7 Å². The van der Waals surface area contributed by atoms with Crippen LogP contribution >= 0.6 is 0 Å². The maximum Gasteiger partial charge on any atom is 0.378 e. The fourth-order valence-electron chi connectivity index (χ4n) is 1.93. The van der Waals surface area contributed by atoms with Gasteiger partial charge in [0.1, 0.15) is 11.5 Å². The number of hydrogen-bond donors (Lipinski definition) is 1. The minimum Gasteiger partial charge on any atom is -0.507 e. The van der Waals surface area contributed by atoms with Crippen LogP contribution in [0.1, 0.15) is 23.6 Å². The summed E-state index contributed by atoms with van der Waals surface area (Å²) in [7, 11) is 1.11. The molecule has 1 aromatic carbocycles. The molecule has 0 amide bonds. The fraction of sp³-hybridized carbons (Fsp3) is 0.333. The first-order valence-corrected chi connectivity index (χ1v) is 6.18. The zero-order valence-corrected chi connectivity index (χ0v) is 12.0. The van der Waals surface area contributed by atoms with E-state index in [9.17, 15) is 14.7 Å². The average Bonchev–Trinajstić information content (AvgIpc) is 2.37. The molecule has 0 saturated carbocycles. The van der Waals surface area contributed by atoms with Crippen molar-refractivity contribution < 1.29 is 24.2 Å². The number of benzene rings is 1. The highest BCUT2D eigenvalue weighted by Crippen LogP contribution is 2.26. The largest absolute Gasteiger partial charge is 0.507 e. The van der Waals surface area contributed by atoms with Gasteiger partial charge < -0.3 is 14.6 Å². The molecule has 0 aliphatic carbocycles. The Hall–Kier alpha value is -2.30. The molecule has 0 aliphatic rings. The molecule has 0 saturated heterocycles. The highest BCUT2D eigenvalue weighted by molar-refractivity contribution is 6.39. The van der Waals surface area contributed by atoms with Gasteiger partial charge in [-0.2, -0.15) is 0 Å². The van der Waals surface area contributed by atoms with Gasteiger partial charge in [-0.1, -0.05) is 0 Å². The number of ketones is 1. The van der Waals surface area contributed by atoms with Crippen LogP contribution in [0.2, 0.25) is 0 Å². The SMILES string of the molecule is CCOc1cc(C)c(/C(O)=C/C(=O)C(=O)OC)c(C)c1. The van der Waals surface area contributed by atoms with Crippen LogP contribution in [-0.4, -0.2) is 30.6 Å². The molecule has 0 radical (unpaired) electrons. The van der Waals surface area contributed by atoms with E-state index >= 15 is 0 Å². The second-order valence-corrected chi connectivity index (χ2v) is 4.25. The van der Waals surface area contributed by atoms with Crippen molar-refractivity contribution in [2.75, 3.05) is 13.7 Å². The summed E-state index contributed by atoms with van der Waals surface area (Å²) in [6.07, 6.45) is 0.863. The molecule has 5 heteroatoms. The van der Waals surface area contributed by atoms with Gasteiger partial charge in [0.2, 0.25) is 0 Å². The molecule has 0 aliphatic heterocycles. The Kier molecular flexibility index (Phi) is 5.32. The molecule has 1 rings (SSSR count). The Morgan fingerprint density at radius 3 is 2.25 bits per heavy atom. The zero-order chi connectivity index (χ0) is 15.3. The summed E-state index contributed by atoms with van der Waals surface area (Å²) in [6, 6.07) is 3.52. The van der Waals surface area contributed by atoms with E-state index in [1.165, 1.54) is 0 Å². The molecular weight excluding hydrogens is 260 g/mol. The van der Waals surface area contributed by atoms with Crippen LogP contribution < -0.4 is 4.74 Å². The van der Waals surface area contributed by atoms with Crippen molar-refractivity contribution in [2.45, 2.75) is 20.8 Å². The maximum atomic E-state index is 11.4. The van der Waals surface area contributed by atoms with Gasteiger partial charge in [0.15, 0.2) is 0 Å². The summed E-state index contributed by atoms with van der Waals surface area (Å²) in [6.45, 7) is 6.00. The monoisotopic (exact) mass is 278 g/mol. The van der Waals surface area contributed by atoms with E-state index in [2.05, 4.69) is 4.74 Å². The number of carbonyl (C=O) groups is 2. The predicted molar refractivity (Wildman–Crippen MR) is 74.7 cm³/mol. The average molecular weight is 278 g/mol. The van der Waals surface area contributed by atoms with E-state index in [4.69, 9.17) is 4.74 Å². The van der Waals surface area contributed by atoms with E-state index in [-0.39, 0.29) is 5.76 Å². The van der Waals surface area contributed by atoms with Crippen LogP contribution in [0.15, 0.2) is 18.2 Å². The molecule has 0 unspecified atom stereocenters. The van der Waals surface area contributed by atoms with E-state index in [1.54, 1.807) is 26.0 Å². The number of aliphatic hydroxyl groups excluding tert-OH is 1. The first kappa shape index (κ1) is 15.8. The van der Waals surface area contributed by atoms with Crippen LogP contribution in [-0.2, 0) is 14.3 Å². The first-order valence-electron chi connectivity index (χ1n) is 6.18. The van der Waals surface area contributed by atoms with E-state index in [0.29, 0.717) is 17.9 Å². The normalized spacial score (nSPS) is 11.1. The lowest BCUT2D eigenvalue weighted by Gasteiger charge is -2.12. The Balaban J connectivity index is 3.16. The van der Waals surface area contributed by atoms with Gasteiger partial charge in [-0.3, -0.25) is 4.79 Å². The van der Waals surface area contributed by atoms with E-state index in [1.807, 2.05) is 6.92 Å². The second-order valence-electron chi connectivity index (χ2n) is 4.25. The highest BCUT2D eigenvalue weighted by Gasteiger charge is 2.15. The van der Waals surface area contributed by atoms with Gasteiger partial charge in [0.25, 0.3) is 5.78 Å². The van der Waals surface area contributed by atoms with Crippen LogP contribution in [0.3, 0.4) is 0 Å². The molecule has 0 aromatic heterocycles. The molecule has 1 aromatic rings. The summed E-state index contributed by atoms with van der Waals surface area (Å²) >= 11 is 0. The summed E-state index contributed by atoms with van der Waals surface area (Å²) in [5.74, 6) is -1.49. The van der Waals surface area contributed by atoms with Crippen LogP contribution in [0.4, 0.5) is 0 Å². The van der Waals surface area contributed by atoms with Crippen molar-refractivity contribution in [1.82, 2.24) is 0 Å². The summed E-state index contributed by atoms with van der Waals surface area (Å²) in [4.78, 5) is 22.5. The van der Waals surface area contributed by atoms with Gasteiger partial charge in [-0.25, -0.2) is 4.79 Å². The molecule has 108 valence electrons. The maximum absolute atomic E-state index is 11.4.